The van der Waals surface area contributed by atoms with Crippen LogP contribution in [0.4, 0.5) is 0 Å². The molecular weight excluding hydrogens is 421 g/mol. The third-order valence-corrected chi connectivity index (χ3v) is 5.15. The van der Waals surface area contributed by atoms with Crippen LogP contribution in [0.5, 0.6) is 0 Å². The van der Waals surface area contributed by atoms with Gasteiger partial charge in [-0.15, -0.1) is 0 Å². The summed E-state index contributed by atoms with van der Waals surface area (Å²) in [5.74, 6) is 0.577. The van der Waals surface area contributed by atoms with Crippen molar-refractivity contribution in [1.82, 2.24) is 5.32 Å². The number of benzene rings is 1. The van der Waals surface area contributed by atoms with Gasteiger partial charge in [-0.25, -0.2) is 0 Å². The van der Waals surface area contributed by atoms with Gasteiger partial charge in [-0.05, 0) is 53.6 Å². The maximum Gasteiger partial charge on any atom is 0.122 e. The average molecular weight is 451 g/mol. The zero-order valence-electron chi connectivity index (χ0n) is 15.4. The maximum absolute atomic E-state index is 6.43. The minimum atomic E-state index is 0.161. The van der Waals surface area contributed by atoms with Crippen LogP contribution in [0.2, 0.25) is 0 Å². The van der Waals surface area contributed by atoms with E-state index in [0.29, 0.717) is 5.92 Å². The predicted molar refractivity (Wildman–Crippen MR) is 117 cm³/mol. The summed E-state index contributed by atoms with van der Waals surface area (Å²) >= 11 is 2.27. The van der Waals surface area contributed by atoms with Crippen LogP contribution in [0.1, 0.15) is 39.5 Å². The standard InChI is InChI=1S/C22H30INO/c1-3-8-19-9-5-6-10-21(19)17-25-22(18(4-2)11-7-14-23)20-12-15-24-16-13-20/h5-11,14,17,20,22,24H,3-4,12-13,15-16H2,1-2H3/b14-7+,18-11+,19-8-,21-17+. The molecule has 1 aliphatic rings. The van der Waals surface area contributed by atoms with Gasteiger partial charge in [-0.2, -0.15) is 0 Å². The third kappa shape index (κ3) is 6.30. The number of hydrogen-bond acceptors (Lipinski definition) is 2. The highest BCUT2D eigenvalue weighted by molar-refractivity contribution is 14.1. The van der Waals surface area contributed by atoms with Crippen molar-refractivity contribution in [1.29, 1.82) is 0 Å². The molecule has 0 amide bonds. The molecule has 1 atom stereocenters. The smallest absolute Gasteiger partial charge is 0.122 e. The lowest BCUT2D eigenvalue weighted by atomic mass is 9.86. The predicted octanol–water partition coefficient (Wildman–Crippen LogP) is 4.29. The molecule has 1 heterocycles. The van der Waals surface area contributed by atoms with Crippen LogP contribution >= 0.6 is 22.6 Å². The molecule has 1 N–H and O–H groups in total. The van der Waals surface area contributed by atoms with Crippen LogP contribution in [-0.4, -0.2) is 19.2 Å². The first-order valence-electron chi connectivity index (χ1n) is 9.37. The summed E-state index contributed by atoms with van der Waals surface area (Å²) in [6, 6.07) is 8.47. The summed E-state index contributed by atoms with van der Waals surface area (Å²) in [4.78, 5) is 0. The van der Waals surface area contributed by atoms with Crippen LogP contribution in [0.3, 0.4) is 0 Å². The third-order valence-electron chi connectivity index (χ3n) is 4.73. The van der Waals surface area contributed by atoms with E-state index < -0.39 is 0 Å². The molecule has 0 bridgehead atoms. The van der Waals surface area contributed by atoms with Gasteiger partial charge in [0.1, 0.15) is 6.10 Å². The van der Waals surface area contributed by atoms with Crippen LogP contribution in [0.15, 0.2) is 46.1 Å². The van der Waals surface area contributed by atoms with E-state index in [-0.39, 0.29) is 6.10 Å². The molecule has 3 heteroatoms. The molecule has 0 saturated carbocycles. The Hall–Kier alpha value is -1.07. The summed E-state index contributed by atoms with van der Waals surface area (Å²) in [5.41, 5.74) is 1.38. The second-order valence-corrected chi connectivity index (χ2v) is 7.14. The molecule has 25 heavy (non-hydrogen) atoms. The lowest BCUT2D eigenvalue weighted by Gasteiger charge is -2.31. The molecule has 1 aromatic carbocycles. The number of nitrogens with one attached hydrogen (secondary N) is 1. The normalized spacial score (nSPS) is 19.6. The molecule has 1 unspecified atom stereocenters. The van der Waals surface area contributed by atoms with Crippen molar-refractivity contribution >= 4 is 34.9 Å². The molecule has 0 aromatic heterocycles. The first-order chi connectivity index (χ1) is 12.3. The Labute approximate surface area is 165 Å². The molecular formula is C22H30INO. The van der Waals surface area contributed by atoms with Gasteiger partial charge in [0.25, 0.3) is 0 Å². The first kappa shape index (κ1) is 20.2. The molecule has 2 nitrogen and oxygen atoms in total. The number of hydrogen-bond donors (Lipinski definition) is 1. The van der Waals surface area contributed by atoms with Gasteiger partial charge in [0.15, 0.2) is 0 Å². The Morgan fingerprint density at radius 2 is 1.96 bits per heavy atom. The van der Waals surface area contributed by atoms with Gasteiger partial charge in [-0.1, -0.05) is 78.9 Å². The molecule has 0 aliphatic carbocycles. The van der Waals surface area contributed by atoms with Crippen LogP contribution in [0.25, 0.3) is 12.3 Å². The van der Waals surface area contributed by atoms with E-state index in [4.69, 9.17) is 4.74 Å². The molecule has 0 spiro atoms. The zero-order valence-corrected chi connectivity index (χ0v) is 17.5. The fourth-order valence-electron chi connectivity index (χ4n) is 3.39. The Bertz CT molecular complexity index is 686. The van der Waals surface area contributed by atoms with E-state index in [1.54, 1.807) is 0 Å². The topological polar surface area (TPSA) is 21.3 Å². The molecule has 1 aliphatic heterocycles. The van der Waals surface area contributed by atoms with Crippen molar-refractivity contribution in [2.24, 2.45) is 5.92 Å². The molecule has 2 rings (SSSR count). The SMILES string of the molecule is CC/C=c1/cccc/c1=C\OC(/C(=C/C=C/I)CC)C1CCNCC1. The van der Waals surface area contributed by atoms with Gasteiger partial charge in [-0.3, -0.25) is 0 Å². The monoisotopic (exact) mass is 451 g/mol. The van der Waals surface area contributed by atoms with Crippen LogP contribution in [0, 0.1) is 5.92 Å². The van der Waals surface area contributed by atoms with E-state index in [1.165, 1.54) is 28.9 Å². The number of allylic oxidation sites excluding steroid dienone is 2. The maximum atomic E-state index is 6.43. The minimum Gasteiger partial charge on any atom is -0.493 e. The van der Waals surface area contributed by atoms with Gasteiger partial charge in [0.05, 0.1) is 6.26 Å². The van der Waals surface area contributed by atoms with Gasteiger partial charge < -0.3 is 10.1 Å². The molecule has 1 fully saturated rings. The molecule has 0 radical (unpaired) electrons. The molecule has 1 aromatic rings. The Kier molecular flexibility index (Phi) is 9.33. The summed E-state index contributed by atoms with van der Waals surface area (Å²) in [7, 11) is 0. The Morgan fingerprint density at radius 3 is 2.60 bits per heavy atom. The van der Waals surface area contributed by atoms with Crippen LogP contribution in [-0.2, 0) is 4.74 Å². The second kappa shape index (κ2) is 11.5. The van der Waals surface area contributed by atoms with E-state index >= 15 is 0 Å². The summed E-state index contributed by atoms with van der Waals surface area (Å²) in [6.07, 6.45) is 13.1. The fraction of sp³-hybridized carbons (Fsp3) is 0.455. The average Bonchev–Trinajstić information content (AvgIpc) is 2.66. The van der Waals surface area contributed by atoms with E-state index in [1.807, 2.05) is 6.26 Å². The largest absolute Gasteiger partial charge is 0.493 e. The summed E-state index contributed by atoms with van der Waals surface area (Å²) < 4.78 is 8.49. The summed E-state index contributed by atoms with van der Waals surface area (Å²) in [6.45, 7) is 6.57. The highest BCUT2D eigenvalue weighted by Gasteiger charge is 2.26. The zero-order chi connectivity index (χ0) is 17.9. The quantitative estimate of drug-likeness (QED) is 0.494. The van der Waals surface area contributed by atoms with Gasteiger partial charge >= 0.3 is 0 Å². The number of ether oxygens (including phenoxy) is 1. The highest BCUT2D eigenvalue weighted by atomic mass is 127. The fourth-order valence-corrected chi connectivity index (χ4v) is 3.60. The number of rotatable bonds is 7. The van der Waals surface area contributed by atoms with Crippen molar-refractivity contribution in [3.63, 3.8) is 0 Å². The lowest BCUT2D eigenvalue weighted by Crippen LogP contribution is -2.36. The van der Waals surface area contributed by atoms with Crippen molar-refractivity contribution in [3.8, 4) is 0 Å². The summed E-state index contributed by atoms with van der Waals surface area (Å²) in [5, 5.41) is 5.89. The second-order valence-electron chi connectivity index (χ2n) is 6.42. The molecule has 1 saturated heterocycles. The van der Waals surface area contributed by atoms with E-state index in [2.05, 4.69) is 88.3 Å². The van der Waals surface area contributed by atoms with Crippen LogP contribution < -0.4 is 15.8 Å². The molecule has 136 valence electrons. The Balaban J connectivity index is 2.33. The van der Waals surface area contributed by atoms with Crippen molar-refractivity contribution < 1.29 is 4.74 Å². The first-order valence-corrected chi connectivity index (χ1v) is 10.6. The van der Waals surface area contributed by atoms with Crippen molar-refractivity contribution in [2.75, 3.05) is 13.1 Å². The van der Waals surface area contributed by atoms with E-state index in [0.717, 1.165) is 25.9 Å². The van der Waals surface area contributed by atoms with Crippen molar-refractivity contribution in [2.45, 2.75) is 45.6 Å². The minimum absolute atomic E-state index is 0.161. The Morgan fingerprint density at radius 1 is 1.24 bits per heavy atom. The number of piperidine rings is 1. The van der Waals surface area contributed by atoms with E-state index in [9.17, 15) is 0 Å². The highest BCUT2D eigenvalue weighted by Crippen LogP contribution is 2.27. The van der Waals surface area contributed by atoms with Gasteiger partial charge in [0.2, 0.25) is 0 Å². The lowest BCUT2D eigenvalue weighted by molar-refractivity contribution is 0.122. The van der Waals surface area contributed by atoms with Crippen molar-refractivity contribution in [3.05, 3.63) is 56.5 Å². The van der Waals surface area contributed by atoms with Gasteiger partial charge in [0, 0.05) is 11.1 Å². The number of halogens is 1.